The highest BCUT2D eigenvalue weighted by atomic mass is 16.5. The van der Waals surface area contributed by atoms with E-state index in [0.717, 1.165) is 18.4 Å². The Labute approximate surface area is 98.9 Å². The molecular formula is C14H25NO. The molecule has 16 heavy (non-hydrogen) atoms. The first kappa shape index (κ1) is 11.0. The summed E-state index contributed by atoms with van der Waals surface area (Å²) in [5, 5.41) is 0. The van der Waals surface area contributed by atoms with E-state index in [1.54, 1.807) is 0 Å². The van der Waals surface area contributed by atoms with Crippen LogP contribution in [0, 0.1) is 11.8 Å². The zero-order valence-corrected chi connectivity index (χ0v) is 10.3. The first-order valence-corrected chi connectivity index (χ1v) is 7.19. The maximum Gasteiger partial charge on any atom is 0.0685 e. The second-order valence-corrected chi connectivity index (χ2v) is 6.25. The molecule has 0 radical (unpaired) electrons. The van der Waals surface area contributed by atoms with E-state index in [0.29, 0.717) is 6.04 Å². The van der Waals surface area contributed by atoms with Crippen LogP contribution in [0.4, 0.5) is 0 Å². The summed E-state index contributed by atoms with van der Waals surface area (Å²) < 4.78 is 6.11. The summed E-state index contributed by atoms with van der Waals surface area (Å²) in [5.74, 6) is 1.67. The lowest BCUT2D eigenvalue weighted by molar-refractivity contribution is -0.102. The van der Waals surface area contributed by atoms with E-state index in [4.69, 9.17) is 10.5 Å². The molecule has 1 aliphatic heterocycles. The molecule has 1 heterocycles. The minimum atomic E-state index is 0.283. The molecule has 1 saturated heterocycles. The van der Waals surface area contributed by atoms with E-state index < -0.39 is 0 Å². The Morgan fingerprint density at radius 2 is 1.81 bits per heavy atom. The van der Waals surface area contributed by atoms with Crippen molar-refractivity contribution in [1.29, 1.82) is 0 Å². The Hall–Kier alpha value is -0.0800. The van der Waals surface area contributed by atoms with Crippen molar-refractivity contribution in [3.8, 4) is 0 Å². The number of hydrogen-bond donors (Lipinski definition) is 1. The van der Waals surface area contributed by atoms with E-state index in [9.17, 15) is 0 Å². The molecule has 3 unspecified atom stereocenters. The summed E-state index contributed by atoms with van der Waals surface area (Å²) in [6, 6.07) is 0.488. The number of ether oxygens (including phenoxy) is 1. The van der Waals surface area contributed by atoms with Gasteiger partial charge in [0.2, 0.25) is 0 Å². The normalized spacial score (nSPS) is 42.9. The van der Waals surface area contributed by atoms with Crippen LogP contribution in [0.25, 0.3) is 0 Å². The van der Waals surface area contributed by atoms with Crippen LogP contribution in [0.5, 0.6) is 0 Å². The molecular weight excluding hydrogens is 198 g/mol. The van der Waals surface area contributed by atoms with Gasteiger partial charge in [0.25, 0.3) is 0 Å². The lowest BCUT2D eigenvalue weighted by Gasteiger charge is -2.41. The van der Waals surface area contributed by atoms with Crippen LogP contribution in [0.3, 0.4) is 0 Å². The summed E-state index contributed by atoms with van der Waals surface area (Å²) >= 11 is 0. The van der Waals surface area contributed by atoms with Gasteiger partial charge in [0.15, 0.2) is 0 Å². The van der Waals surface area contributed by atoms with Crippen LogP contribution >= 0.6 is 0 Å². The minimum absolute atomic E-state index is 0.283. The van der Waals surface area contributed by atoms with Gasteiger partial charge in [0.05, 0.1) is 5.60 Å². The molecule has 3 aliphatic rings. The molecule has 2 nitrogen and oxygen atoms in total. The molecule has 2 saturated carbocycles. The van der Waals surface area contributed by atoms with Crippen LogP contribution in [-0.2, 0) is 4.74 Å². The summed E-state index contributed by atoms with van der Waals surface area (Å²) in [4.78, 5) is 0. The van der Waals surface area contributed by atoms with E-state index in [-0.39, 0.29) is 5.60 Å². The SMILES string of the molecule is NC1CCCC1C1CCOC2(CCCC2)C1. The molecule has 0 bridgehead atoms. The van der Waals surface area contributed by atoms with Gasteiger partial charge in [-0.1, -0.05) is 19.3 Å². The van der Waals surface area contributed by atoms with Crippen molar-refractivity contribution >= 4 is 0 Å². The molecule has 2 heteroatoms. The van der Waals surface area contributed by atoms with Gasteiger partial charge in [-0.2, -0.15) is 0 Å². The van der Waals surface area contributed by atoms with Crippen molar-refractivity contribution < 1.29 is 4.74 Å². The molecule has 2 aliphatic carbocycles. The maximum atomic E-state index is 6.26. The maximum absolute atomic E-state index is 6.26. The summed E-state index contributed by atoms with van der Waals surface area (Å²) in [6.07, 6.45) is 11.9. The van der Waals surface area contributed by atoms with E-state index >= 15 is 0 Å². The third kappa shape index (κ3) is 1.91. The Morgan fingerprint density at radius 1 is 1.00 bits per heavy atom. The molecule has 1 spiro atoms. The second-order valence-electron chi connectivity index (χ2n) is 6.25. The van der Waals surface area contributed by atoms with Gasteiger partial charge < -0.3 is 10.5 Å². The lowest BCUT2D eigenvalue weighted by Crippen LogP contribution is -2.42. The topological polar surface area (TPSA) is 35.2 Å². The fraction of sp³-hybridized carbons (Fsp3) is 1.00. The Balaban J connectivity index is 1.67. The molecule has 92 valence electrons. The van der Waals surface area contributed by atoms with Crippen molar-refractivity contribution in [2.24, 2.45) is 17.6 Å². The Bertz CT molecular complexity index is 247. The fourth-order valence-electron chi connectivity index (χ4n) is 4.40. The quantitative estimate of drug-likeness (QED) is 0.742. The van der Waals surface area contributed by atoms with E-state index in [1.807, 2.05) is 0 Å². The molecule has 2 N–H and O–H groups in total. The van der Waals surface area contributed by atoms with E-state index in [2.05, 4.69) is 0 Å². The van der Waals surface area contributed by atoms with Crippen molar-refractivity contribution in [3.05, 3.63) is 0 Å². The second kappa shape index (κ2) is 4.30. The van der Waals surface area contributed by atoms with Crippen LogP contribution in [0.15, 0.2) is 0 Å². The van der Waals surface area contributed by atoms with Gasteiger partial charge in [-0.25, -0.2) is 0 Å². The van der Waals surface area contributed by atoms with Crippen LogP contribution in [0.1, 0.15) is 57.8 Å². The molecule has 3 rings (SSSR count). The fourth-order valence-corrected chi connectivity index (χ4v) is 4.40. The van der Waals surface area contributed by atoms with Crippen molar-refractivity contribution in [3.63, 3.8) is 0 Å². The highest BCUT2D eigenvalue weighted by molar-refractivity contribution is 4.95. The Morgan fingerprint density at radius 3 is 2.50 bits per heavy atom. The summed E-state index contributed by atoms with van der Waals surface area (Å²) in [7, 11) is 0. The van der Waals surface area contributed by atoms with Gasteiger partial charge in [-0.3, -0.25) is 0 Å². The molecule has 0 aromatic heterocycles. The predicted molar refractivity (Wildman–Crippen MR) is 65.2 cm³/mol. The predicted octanol–water partition coefficient (Wildman–Crippen LogP) is 2.85. The average molecular weight is 223 g/mol. The summed E-state index contributed by atoms with van der Waals surface area (Å²) in [5.41, 5.74) is 6.54. The standard InChI is InChI=1S/C14H25NO/c15-13-5-3-4-12(13)11-6-9-16-14(10-11)7-1-2-8-14/h11-13H,1-10,15H2. The largest absolute Gasteiger partial charge is 0.375 e. The smallest absolute Gasteiger partial charge is 0.0685 e. The Kier molecular flexibility index (Phi) is 2.97. The van der Waals surface area contributed by atoms with Crippen molar-refractivity contribution in [2.45, 2.75) is 69.4 Å². The number of hydrogen-bond acceptors (Lipinski definition) is 2. The first-order chi connectivity index (χ1) is 7.79. The average Bonchev–Trinajstić information content (AvgIpc) is 2.88. The molecule has 0 amide bonds. The third-order valence-corrected chi connectivity index (χ3v) is 5.28. The van der Waals surface area contributed by atoms with Crippen molar-refractivity contribution in [2.75, 3.05) is 6.61 Å². The molecule has 3 atom stereocenters. The van der Waals surface area contributed by atoms with Gasteiger partial charge in [0.1, 0.15) is 0 Å². The first-order valence-electron chi connectivity index (χ1n) is 7.19. The molecule has 0 aromatic rings. The highest BCUT2D eigenvalue weighted by Crippen LogP contribution is 2.46. The molecule has 3 fully saturated rings. The van der Waals surface area contributed by atoms with Gasteiger partial charge >= 0.3 is 0 Å². The van der Waals surface area contributed by atoms with Gasteiger partial charge in [0, 0.05) is 12.6 Å². The van der Waals surface area contributed by atoms with Crippen LogP contribution in [-0.4, -0.2) is 18.2 Å². The van der Waals surface area contributed by atoms with Gasteiger partial charge in [-0.05, 0) is 50.4 Å². The summed E-state index contributed by atoms with van der Waals surface area (Å²) in [6.45, 7) is 0.994. The van der Waals surface area contributed by atoms with Crippen LogP contribution < -0.4 is 5.73 Å². The molecule has 0 aromatic carbocycles. The lowest BCUT2D eigenvalue weighted by atomic mass is 9.76. The van der Waals surface area contributed by atoms with Gasteiger partial charge in [-0.15, -0.1) is 0 Å². The monoisotopic (exact) mass is 223 g/mol. The third-order valence-electron chi connectivity index (χ3n) is 5.28. The number of nitrogens with two attached hydrogens (primary N) is 1. The van der Waals surface area contributed by atoms with E-state index in [1.165, 1.54) is 57.8 Å². The zero-order chi connectivity index (χ0) is 11.0. The number of rotatable bonds is 1. The van der Waals surface area contributed by atoms with Crippen molar-refractivity contribution in [1.82, 2.24) is 0 Å². The highest BCUT2D eigenvalue weighted by Gasteiger charge is 2.43. The minimum Gasteiger partial charge on any atom is -0.375 e. The zero-order valence-electron chi connectivity index (χ0n) is 10.3. The van der Waals surface area contributed by atoms with Crippen LogP contribution in [0.2, 0.25) is 0 Å².